The van der Waals surface area contributed by atoms with Gasteiger partial charge in [0.15, 0.2) is 17.5 Å². The van der Waals surface area contributed by atoms with Gasteiger partial charge >= 0.3 is 12.4 Å². The lowest BCUT2D eigenvalue weighted by Gasteiger charge is -2.24. The van der Waals surface area contributed by atoms with Crippen molar-refractivity contribution in [3.8, 4) is 84.6 Å². The molecule has 89 heavy (non-hydrogen) atoms. The average Bonchev–Trinajstić information content (AvgIpc) is 1.66. The summed E-state index contributed by atoms with van der Waals surface area (Å²) in [6.45, 7) is 0. The van der Waals surface area contributed by atoms with Crippen LogP contribution >= 0.6 is 0 Å². The molecule has 0 saturated heterocycles. The van der Waals surface area contributed by atoms with Crippen molar-refractivity contribution in [2.45, 2.75) is 12.4 Å². The van der Waals surface area contributed by atoms with Gasteiger partial charge in [-0.2, -0.15) is 26.3 Å². The Labute approximate surface area is 505 Å². The summed E-state index contributed by atoms with van der Waals surface area (Å²) in [5.41, 5.74) is 10.4. The number of alkyl halides is 6. The number of hydrogen-bond donors (Lipinski definition) is 0. The summed E-state index contributed by atoms with van der Waals surface area (Å²) in [5.74, 6) is 1.35. The molecule has 0 bridgehead atoms. The fraction of sp³-hybridized carbons (Fsp3) is 0.0260. The number of halogens is 6. The van der Waals surface area contributed by atoms with Crippen LogP contribution in [0.2, 0.25) is 0 Å². The second-order valence-corrected chi connectivity index (χ2v) is 22.1. The highest BCUT2D eigenvalue weighted by Crippen LogP contribution is 2.49. The Bertz CT molecular complexity index is 5110. The van der Waals surface area contributed by atoms with E-state index in [0.717, 1.165) is 117 Å². The zero-order valence-corrected chi connectivity index (χ0v) is 47.0. The lowest BCUT2D eigenvalue weighted by Crippen LogP contribution is -2.11. The van der Waals surface area contributed by atoms with Crippen molar-refractivity contribution < 1.29 is 26.3 Å². The fourth-order valence-electron chi connectivity index (χ4n) is 13.0. The predicted molar refractivity (Wildman–Crippen MR) is 345 cm³/mol. The molecule has 0 aliphatic heterocycles. The van der Waals surface area contributed by atoms with Crippen LogP contribution in [0, 0.1) is 0 Å². The molecule has 0 aliphatic rings. The predicted octanol–water partition coefficient (Wildman–Crippen LogP) is 21.2. The van der Waals surface area contributed by atoms with Crippen molar-refractivity contribution in [3.63, 3.8) is 0 Å². The largest absolute Gasteiger partial charge is 0.416 e. The molecule has 0 N–H and O–H groups in total. The number of benzene rings is 12. The summed E-state index contributed by atoms with van der Waals surface area (Å²) in [7, 11) is 0. The third-order valence-corrected chi connectivity index (χ3v) is 16.9. The molecule has 0 aliphatic carbocycles. The van der Waals surface area contributed by atoms with Crippen molar-refractivity contribution in [2.24, 2.45) is 0 Å². The summed E-state index contributed by atoms with van der Waals surface area (Å²) in [5, 5.41) is 5.61. The molecule has 0 spiro atoms. The summed E-state index contributed by atoms with van der Waals surface area (Å²) in [6.07, 6.45) is -10.1. The molecule has 4 heterocycles. The summed E-state index contributed by atoms with van der Waals surface area (Å²) in [4.78, 5) is 15.9. The average molecular weight is 1170 g/mol. The van der Waals surface area contributed by atoms with E-state index in [0.29, 0.717) is 33.9 Å². The van der Waals surface area contributed by atoms with Crippen molar-refractivity contribution in [1.29, 1.82) is 0 Å². The zero-order valence-electron chi connectivity index (χ0n) is 47.0. The van der Waals surface area contributed by atoms with Gasteiger partial charge in [0.25, 0.3) is 0 Å². The standard InChI is InChI=1S/C77H46F6N6/c78-76(79,80)52-41-50(42-53(46-52)77(81,82)83)49-39-40-71-61(43-49)58-29-11-20-38-70(58)89(71)72-62(59-30-12-18-36-68(59)87-64-32-14-7-25-54(64)55-26-8-15-33-65(55)87)44-51(75-85-73(47-21-3-1-4-22-47)84-74(86-75)48-23-5-2-6-24-48)45-63(72)60-31-13-19-37-69(60)88-66-34-16-9-27-56(66)57-28-10-17-35-67(57)88/h1-46H. The van der Waals surface area contributed by atoms with Gasteiger partial charge < -0.3 is 13.7 Å². The van der Waals surface area contributed by atoms with Crippen molar-refractivity contribution in [1.82, 2.24) is 28.7 Å². The van der Waals surface area contributed by atoms with Crippen LogP contribution in [0.4, 0.5) is 26.3 Å². The summed E-state index contributed by atoms with van der Waals surface area (Å²) in [6, 6.07) is 88.6. The van der Waals surface area contributed by atoms with Crippen LogP contribution in [-0.4, -0.2) is 28.7 Å². The Morgan fingerprint density at radius 2 is 0.573 bits per heavy atom. The van der Waals surface area contributed by atoms with Crippen LogP contribution in [0.3, 0.4) is 0 Å². The lowest BCUT2D eigenvalue weighted by molar-refractivity contribution is -0.143. The van der Waals surface area contributed by atoms with Crippen LogP contribution in [-0.2, 0) is 12.4 Å². The van der Waals surface area contributed by atoms with Gasteiger partial charge in [-0.05, 0) is 96.1 Å². The van der Waals surface area contributed by atoms with Crippen LogP contribution in [0.15, 0.2) is 279 Å². The van der Waals surface area contributed by atoms with Gasteiger partial charge in [0.2, 0.25) is 0 Å². The van der Waals surface area contributed by atoms with Crippen molar-refractivity contribution in [2.75, 3.05) is 0 Å². The maximum atomic E-state index is 14.6. The third kappa shape index (κ3) is 8.93. The van der Waals surface area contributed by atoms with Gasteiger partial charge in [-0.3, -0.25) is 0 Å². The van der Waals surface area contributed by atoms with E-state index in [9.17, 15) is 26.3 Å². The first-order valence-electron chi connectivity index (χ1n) is 29.0. The van der Waals surface area contributed by atoms with E-state index in [1.165, 1.54) is 0 Å². The van der Waals surface area contributed by atoms with Crippen molar-refractivity contribution >= 4 is 65.4 Å². The van der Waals surface area contributed by atoms with E-state index >= 15 is 0 Å². The van der Waals surface area contributed by atoms with Gasteiger partial charge in [-0.1, -0.05) is 194 Å². The number of para-hydroxylation sites is 7. The zero-order chi connectivity index (χ0) is 60.1. The molecule has 6 nitrogen and oxygen atoms in total. The monoisotopic (exact) mass is 1170 g/mol. The van der Waals surface area contributed by atoms with Crippen LogP contribution in [0.5, 0.6) is 0 Å². The highest BCUT2D eigenvalue weighted by Gasteiger charge is 2.37. The second kappa shape index (κ2) is 20.7. The Kier molecular flexibility index (Phi) is 12.3. The number of fused-ring (bicyclic) bond motifs is 9. The van der Waals surface area contributed by atoms with Crippen molar-refractivity contribution in [3.05, 3.63) is 290 Å². The number of hydrogen-bond acceptors (Lipinski definition) is 3. The molecule has 4 aromatic heterocycles. The molecule has 12 heteroatoms. The molecule has 0 radical (unpaired) electrons. The molecule has 0 amide bonds. The lowest BCUT2D eigenvalue weighted by atomic mass is 9.90. The number of nitrogens with zero attached hydrogens (tertiary/aromatic N) is 6. The fourth-order valence-corrected chi connectivity index (χ4v) is 13.0. The van der Waals surface area contributed by atoms with Gasteiger partial charge in [0, 0.05) is 71.3 Å². The van der Waals surface area contributed by atoms with E-state index in [4.69, 9.17) is 15.0 Å². The Morgan fingerprint density at radius 3 is 0.989 bits per heavy atom. The molecule has 426 valence electrons. The first-order chi connectivity index (χ1) is 43.4. The van der Waals surface area contributed by atoms with Gasteiger partial charge in [-0.25, -0.2) is 15.0 Å². The highest BCUT2D eigenvalue weighted by molar-refractivity contribution is 6.14. The smallest absolute Gasteiger partial charge is 0.309 e. The van der Waals surface area contributed by atoms with E-state index in [2.05, 4.69) is 98.6 Å². The normalized spacial score (nSPS) is 12.2. The minimum absolute atomic E-state index is 0.164. The molecular formula is C77H46F6N6. The first-order valence-corrected chi connectivity index (χ1v) is 29.0. The van der Waals surface area contributed by atoms with Gasteiger partial charge in [0.1, 0.15) is 0 Å². The van der Waals surface area contributed by atoms with E-state index in [1.807, 2.05) is 164 Å². The molecule has 16 aromatic rings. The van der Waals surface area contributed by atoms with Crippen LogP contribution in [0.25, 0.3) is 150 Å². The number of aromatic nitrogens is 6. The maximum Gasteiger partial charge on any atom is 0.416 e. The molecule has 0 fully saturated rings. The van der Waals surface area contributed by atoms with Crippen LogP contribution < -0.4 is 0 Å². The molecule has 0 unspecified atom stereocenters. The summed E-state index contributed by atoms with van der Waals surface area (Å²) < 4.78 is 94.1. The minimum atomic E-state index is -5.05. The van der Waals surface area contributed by atoms with E-state index in [1.54, 1.807) is 12.1 Å². The van der Waals surface area contributed by atoms with E-state index < -0.39 is 23.5 Å². The highest BCUT2D eigenvalue weighted by atomic mass is 19.4. The number of rotatable bonds is 9. The Hall–Kier alpha value is -11.4. The molecule has 16 rings (SSSR count). The first kappa shape index (κ1) is 53.1. The Balaban J connectivity index is 1.08. The quantitative estimate of drug-likeness (QED) is 0.135. The van der Waals surface area contributed by atoms with Gasteiger partial charge in [-0.15, -0.1) is 0 Å². The molecule has 0 atom stereocenters. The van der Waals surface area contributed by atoms with E-state index in [-0.39, 0.29) is 17.2 Å². The van der Waals surface area contributed by atoms with Crippen LogP contribution in [0.1, 0.15) is 11.1 Å². The molecular weight excluding hydrogens is 1120 g/mol. The Morgan fingerprint density at radius 1 is 0.236 bits per heavy atom. The molecule has 0 saturated carbocycles. The SMILES string of the molecule is FC(F)(F)c1cc(-c2ccc3c(c2)c2ccccc2n3-c2c(-c3ccccc3-n3c4ccccc4c4ccccc43)cc(-c3nc(-c4ccccc4)nc(-c4ccccc4)n3)cc2-c2ccccc2-n2c3ccccc3c3ccccc32)cc(C(F)(F)F)c1. The topological polar surface area (TPSA) is 53.5 Å². The van der Waals surface area contributed by atoms with Gasteiger partial charge in [0.05, 0.1) is 61.3 Å². The molecule has 12 aromatic carbocycles. The minimum Gasteiger partial charge on any atom is -0.309 e. The summed E-state index contributed by atoms with van der Waals surface area (Å²) >= 11 is 0. The third-order valence-electron chi connectivity index (χ3n) is 16.9. The second-order valence-electron chi connectivity index (χ2n) is 22.1. The maximum absolute atomic E-state index is 14.6.